The van der Waals surface area contributed by atoms with Crippen molar-refractivity contribution >= 4 is 39.1 Å². The number of benzene rings is 2. The minimum absolute atomic E-state index is 0.00484. The average Bonchev–Trinajstić information content (AvgIpc) is 2.60. The number of aryl methyl sites for hydroxylation is 1. The summed E-state index contributed by atoms with van der Waals surface area (Å²) in [5, 5.41) is 7.45. The van der Waals surface area contributed by atoms with Crippen molar-refractivity contribution in [3.8, 4) is 0 Å². The maximum absolute atomic E-state index is 12.1. The van der Waals surface area contributed by atoms with E-state index in [0.29, 0.717) is 11.4 Å². The molecule has 0 aliphatic rings. The van der Waals surface area contributed by atoms with Crippen molar-refractivity contribution in [2.75, 3.05) is 23.7 Å². The summed E-state index contributed by atoms with van der Waals surface area (Å²) in [6.45, 7) is 0.479. The van der Waals surface area contributed by atoms with Gasteiger partial charge in [-0.1, -0.05) is 15.9 Å². The molecule has 0 fully saturated rings. The van der Waals surface area contributed by atoms with E-state index in [1.807, 2.05) is 19.1 Å². The van der Waals surface area contributed by atoms with Crippen LogP contribution in [0.3, 0.4) is 0 Å². The minimum Gasteiger partial charge on any atom is -0.376 e. The molecule has 0 radical (unpaired) electrons. The quantitative estimate of drug-likeness (QED) is 0.629. The summed E-state index contributed by atoms with van der Waals surface area (Å²) in [5.41, 5.74) is 2.26. The molecule has 0 aliphatic carbocycles. The van der Waals surface area contributed by atoms with Crippen molar-refractivity contribution in [1.29, 1.82) is 0 Å². The third-order valence-corrected chi connectivity index (χ3v) is 4.01. The van der Waals surface area contributed by atoms with Crippen LogP contribution in [-0.2, 0) is 4.79 Å². The Kier molecular flexibility index (Phi) is 6.84. The van der Waals surface area contributed by atoms with Crippen LogP contribution in [-0.4, -0.2) is 31.1 Å². The largest absolute Gasteiger partial charge is 0.405 e. The Morgan fingerprint density at radius 2 is 1.74 bits per heavy atom. The number of amides is 2. The van der Waals surface area contributed by atoms with Gasteiger partial charge in [0.15, 0.2) is 0 Å². The molecule has 0 heterocycles. The molecule has 2 aromatic rings. The summed E-state index contributed by atoms with van der Waals surface area (Å²) in [5.74, 6) is -1.07. The van der Waals surface area contributed by atoms with Crippen LogP contribution in [0.25, 0.3) is 0 Å². The maximum Gasteiger partial charge on any atom is 0.405 e. The second-order valence-electron chi connectivity index (χ2n) is 5.74. The van der Waals surface area contributed by atoms with Gasteiger partial charge in [-0.2, -0.15) is 13.2 Å². The molecule has 2 amide bonds. The third-order valence-electron chi connectivity index (χ3n) is 3.51. The first kappa shape index (κ1) is 20.8. The van der Waals surface area contributed by atoms with E-state index < -0.39 is 18.6 Å². The van der Waals surface area contributed by atoms with Crippen molar-refractivity contribution in [2.45, 2.75) is 13.1 Å². The summed E-state index contributed by atoms with van der Waals surface area (Å²) >= 11 is 3.35. The molecule has 9 heteroatoms. The van der Waals surface area contributed by atoms with Crippen LogP contribution in [0, 0.1) is 6.92 Å². The van der Waals surface area contributed by atoms with Gasteiger partial charge in [0.1, 0.15) is 6.54 Å². The fourth-order valence-corrected chi connectivity index (χ4v) is 2.64. The van der Waals surface area contributed by atoms with Gasteiger partial charge in [0.2, 0.25) is 5.91 Å². The Balaban J connectivity index is 1.85. The Bertz CT molecular complexity index is 824. The number of hydrogen-bond donors (Lipinski definition) is 3. The first-order chi connectivity index (χ1) is 12.6. The summed E-state index contributed by atoms with van der Waals surface area (Å²) < 4.78 is 37.2. The fourth-order valence-electron chi connectivity index (χ4n) is 2.17. The molecular formula is C18H17BrF3N3O2. The third kappa shape index (κ3) is 6.93. The van der Waals surface area contributed by atoms with Gasteiger partial charge in [-0.05, 0) is 55.0 Å². The fraction of sp³-hybridized carbons (Fsp3) is 0.222. The Morgan fingerprint density at radius 1 is 1.07 bits per heavy atom. The van der Waals surface area contributed by atoms with Crippen molar-refractivity contribution in [3.05, 3.63) is 58.1 Å². The maximum atomic E-state index is 12.1. The van der Waals surface area contributed by atoms with Crippen LogP contribution in [0.2, 0.25) is 0 Å². The molecule has 27 heavy (non-hydrogen) atoms. The van der Waals surface area contributed by atoms with Gasteiger partial charge in [-0.3, -0.25) is 9.59 Å². The van der Waals surface area contributed by atoms with Gasteiger partial charge >= 0.3 is 6.18 Å². The van der Waals surface area contributed by atoms with Crippen molar-refractivity contribution in [1.82, 2.24) is 5.32 Å². The first-order valence-corrected chi connectivity index (χ1v) is 8.68. The van der Waals surface area contributed by atoms with Crippen LogP contribution in [0.5, 0.6) is 0 Å². The number of carbonyl (C=O) groups excluding carboxylic acids is 2. The molecule has 0 bridgehead atoms. The second-order valence-corrected chi connectivity index (χ2v) is 6.65. The predicted molar refractivity (Wildman–Crippen MR) is 101 cm³/mol. The van der Waals surface area contributed by atoms with Gasteiger partial charge in [0.05, 0.1) is 6.54 Å². The van der Waals surface area contributed by atoms with Crippen molar-refractivity contribution in [2.24, 2.45) is 0 Å². The van der Waals surface area contributed by atoms with Crippen molar-refractivity contribution < 1.29 is 22.8 Å². The smallest absolute Gasteiger partial charge is 0.376 e. The van der Waals surface area contributed by atoms with Gasteiger partial charge in [-0.25, -0.2) is 0 Å². The summed E-state index contributed by atoms with van der Waals surface area (Å²) in [4.78, 5) is 23.7. The Hall–Kier alpha value is -2.55. The lowest BCUT2D eigenvalue weighted by Crippen LogP contribution is -2.33. The molecule has 0 saturated carbocycles. The van der Waals surface area contributed by atoms with Crippen molar-refractivity contribution in [3.63, 3.8) is 0 Å². The summed E-state index contributed by atoms with van der Waals surface area (Å²) in [6, 6.07) is 11.3. The van der Waals surface area contributed by atoms with E-state index in [4.69, 9.17) is 0 Å². The van der Waals surface area contributed by atoms with E-state index in [9.17, 15) is 22.8 Å². The normalized spacial score (nSPS) is 11.0. The molecule has 0 aliphatic heterocycles. The van der Waals surface area contributed by atoms with E-state index in [1.54, 1.807) is 11.4 Å². The molecule has 144 valence electrons. The lowest BCUT2D eigenvalue weighted by atomic mass is 10.2. The van der Waals surface area contributed by atoms with Crippen LogP contribution >= 0.6 is 15.9 Å². The zero-order valence-corrected chi connectivity index (χ0v) is 15.9. The van der Waals surface area contributed by atoms with Crippen LogP contribution < -0.4 is 16.0 Å². The van der Waals surface area contributed by atoms with Crippen LogP contribution in [0.4, 0.5) is 24.5 Å². The predicted octanol–water partition coefficient (Wildman–Crippen LogP) is 4.10. The lowest BCUT2D eigenvalue weighted by Gasteiger charge is -2.11. The van der Waals surface area contributed by atoms with Gasteiger partial charge in [0, 0.05) is 21.4 Å². The standard InChI is InChI=1S/C18H17BrF3N3O2/c1-11-8-13(19)4-7-15(11)25-16(26)9-23-14-5-2-12(3-6-14)17(27)24-10-18(20,21)22/h2-8,23H,9-10H2,1H3,(H,24,27)(H,25,26). The average molecular weight is 444 g/mol. The number of alkyl halides is 3. The second kappa shape index (κ2) is 8.90. The Labute approximate surface area is 162 Å². The molecular weight excluding hydrogens is 427 g/mol. The molecule has 0 saturated heterocycles. The number of rotatable bonds is 6. The first-order valence-electron chi connectivity index (χ1n) is 7.89. The molecule has 0 atom stereocenters. The number of anilines is 2. The molecule has 5 nitrogen and oxygen atoms in total. The van der Waals surface area contributed by atoms with Crippen LogP contribution in [0.15, 0.2) is 46.9 Å². The van der Waals surface area contributed by atoms with Gasteiger partial charge < -0.3 is 16.0 Å². The highest BCUT2D eigenvalue weighted by molar-refractivity contribution is 9.10. The zero-order chi connectivity index (χ0) is 20.0. The van der Waals surface area contributed by atoms with E-state index in [2.05, 4.69) is 26.6 Å². The minimum atomic E-state index is -4.46. The number of halogens is 4. The lowest BCUT2D eigenvalue weighted by molar-refractivity contribution is -0.123. The Morgan fingerprint density at radius 3 is 2.33 bits per heavy atom. The summed E-state index contributed by atoms with van der Waals surface area (Å²) in [6.07, 6.45) is -4.46. The molecule has 0 spiro atoms. The highest BCUT2D eigenvalue weighted by Crippen LogP contribution is 2.20. The van der Waals surface area contributed by atoms with E-state index in [0.717, 1.165) is 10.0 Å². The van der Waals surface area contributed by atoms with E-state index in [-0.39, 0.29) is 18.0 Å². The van der Waals surface area contributed by atoms with Gasteiger partial charge in [-0.15, -0.1) is 0 Å². The molecule has 0 aromatic heterocycles. The van der Waals surface area contributed by atoms with Gasteiger partial charge in [0.25, 0.3) is 5.91 Å². The monoisotopic (exact) mass is 443 g/mol. The molecule has 2 rings (SSSR count). The van der Waals surface area contributed by atoms with E-state index in [1.165, 1.54) is 24.3 Å². The molecule has 2 aromatic carbocycles. The highest BCUT2D eigenvalue weighted by Gasteiger charge is 2.27. The topological polar surface area (TPSA) is 70.2 Å². The van der Waals surface area contributed by atoms with Crippen LogP contribution in [0.1, 0.15) is 15.9 Å². The highest BCUT2D eigenvalue weighted by atomic mass is 79.9. The zero-order valence-electron chi connectivity index (χ0n) is 14.3. The number of hydrogen-bond acceptors (Lipinski definition) is 3. The SMILES string of the molecule is Cc1cc(Br)ccc1NC(=O)CNc1ccc(C(=O)NCC(F)(F)F)cc1. The molecule has 3 N–H and O–H groups in total. The number of nitrogens with one attached hydrogen (secondary N) is 3. The van der Waals surface area contributed by atoms with E-state index >= 15 is 0 Å². The molecule has 0 unspecified atom stereocenters. The number of carbonyl (C=O) groups is 2. The summed E-state index contributed by atoms with van der Waals surface area (Å²) in [7, 11) is 0.